The fraction of sp³-hybridized carbons (Fsp3) is 0.500. The van der Waals surface area contributed by atoms with E-state index >= 15 is 0 Å². The molecule has 1 atom stereocenters. The smallest absolute Gasteiger partial charge is 0.125 e. The molecule has 2 rings (SSSR count). The van der Waals surface area contributed by atoms with Gasteiger partial charge in [0.05, 0.1) is 11.0 Å². The molecule has 1 heterocycles. The summed E-state index contributed by atoms with van der Waals surface area (Å²) in [6, 6.07) is 5.19. The van der Waals surface area contributed by atoms with E-state index in [-0.39, 0.29) is 5.82 Å². The summed E-state index contributed by atoms with van der Waals surface area (Å²) in [5, 5.41) is 3.47. The molecule has 2 aromatic rings. The third-order valence-corrected chi connectivity index (χ3v) is 3.83. The van der Waals surface area contributed by atoms with Crippen molar-refractivity contribution in [3.8, 4) is 0 Å². The van der Waals surface area contributed by atoms with Gasteiger partial charge in [0.15, 0.2) is 0 Å². The molecule has 0 spiro atoms. The highest BCUT2D eigenvalue weighted by molar-refractivity contribution is 7.98. The fourth-order valence-corrected chi connectivity index (χ4v) is 2.68. The van der Waals surface area contributed by atoms with E-state index in [9.17, 15) is 4.39 Å². The maximum atomic E-state index is 13.1. The molecule has 0 amide bonds. The normalized spacial score (nSPS) is 13.0. The molecule has 0 unspecified atom stereocenters. The molecular weight excluding hydrogens is 261 g/mol. The zero-order valence-electron chi connectivity index (χ0n) is 11.4. The van der Waals surface area contributed by atoms with E-state index in [1.807, 2.05) is 11.8 Å². The first kappa shape index (κ1) is 14.3. The first-order valence-electron chi connectivity index (χ1n) is 6.55. The van der Waals surface area contributed by atoms with Crippen LogP contribution in [0.3, 0.4) is 0 Å². The van der Waals surface area contributed by atoms with E-state index in [1.54, 1.807) is 6.07 Å². The summed E-state index contributed by atoms with van der Waals surface area (Å²) in [6.45, 7) is 3.17. The Labute approximate surface area is 117 Å². The maximum Gasteiger partial charge on any atom is 0.125 e. The largest absolute Gasteiger partial charge is 0.342 e. The van der Waals surface area contributed by atoms with Gasteiger partial charge in [0, 0.05) is 18.2 Å². The first-order valence-corrected chi connectivity index (χ1v) is 7.95. The van der Waals surface area contributed by atoms with Gasteiger partial charge in [-0.15, -0.1) is 0 Å². The molecule has 0 aliphatic rings. The highest BCUT2D eigenvalue weighted by Gasteiger charge is 2.04. The van der Waals surface area contributed by atoms with Crippen molar-refractivity contribution in [2.45, 2.75) is 25.8 Å². The Balaban J connectivity index is 1.81. The third kappa shape index (κ3) is 4.21. The van der Waals surface area contributed by atoms with Crippen LogP contribution in [-0.2, 0) is 6.42 Å². The standard InChI is InChI=1S/C14H20FN3S/c1-10(9-19-2)16-7-3-4-14-17-12-6-5-11(15)8-13(12)18-14/h5-6,8,10,16H,3-4,7,9H2,1-2H3,(H,17,18)/t10-/m0/s1. The summed E-state index contributed by atoms with van der Waals surface area (Å²) in [5.41, 5.74) is 1.61. The Hall–Kier alpha value is -1.07. The molecule has 19 heavy (non-hydrogen) atoms. The summed E-state index contributed by atoms with van der Waals surface area (Å²) in [7, 11) is 0. The Morgan fingerprint density at radius 2 is 2.32 bits per heavy atom. The molecular formula is C14H20FN3S. The van der Waals surface area contributed by atoms with Crippen LogP contribution in [0, 0.1) is 5.82 Å². The number of hydrogen-bond donors (Lipinski definition) is 2. The van der Waals surface area contributed by atoms with Crippen molar-refractivity contribution in [3.05, 3.63) is 29.8 Å². The molecule has 2 N–H and O–H groups in total. The van der Waals surface area contributed by atoms with Gasteiger partial charge in [0.1, 0.15) is 11.6 Å². The number of thioether (sulfide) groups is 1. The van der Waals surface area contributed by atoms with Crippen molar-refractivity contribution >= 4 is 22.8 Å². The monoisotopic (exact) mass is 281 g/mol. The Morgan fingerprint density at radius 3 is 3.11 bits per heavy atom. The van der Waals surface area contributed by atoms with E-state index in [0.29, 0.717) is 6.04 Å². The lowest BCUT2D eigenvalue weighted by Crippen LogP contribution is -2.29. The number of H-pyrrole nitrogens is 1. The zero-order chi connectivity index (χ0) is 13.7. The minimum absolute atomic E-state index is 0.227. The first-order chi connectivity index (χ1) is 9.19. The number of aryl methyl sites for hydroxylation is 1. The number of nitrogens with zero attached hydrogens (tertiary/aromatic N) is 1. The summed E-state index contributed by atoms with van der Waals surface area (Å²) in [6.07, 6.45) is 4.03. The molecule has 3 nitrogen and oxygen atoms in total. The number of hydrogen-bond acceptors (Lipinski definition) is 3. The number of aromatic nitrogens is 2. The lowest BCUT2D eigenvalue weighted by atomic mass is 10.3. The van der Waals surface area contributed by atoms with Crippen molar-refractivity contribution < 1.29 is 4.39 Å². The summed E-state index contributed by atoms with van der Waals surface area (Å²) >= 11 is 1.85. The SMILES string of the molecule is CSC[C@H](C)NCCCc1nc2ccc(F)cc2[nH]1. The number of aromatic amines is 1. The Bertz CT molecular complexity index is 526. The summed E-state index contributed by atoms with van der Waals surface area (Å²) < 4.78 is 13.1. The second-order valence-corrected chi connectivity index (χ2v) is 5.67. The van der Waals surface area contributed by atoms with E-state index in [1.165, 1.54) is 12.1 Å². The Morgan fingerprint density at radius 1 is 1.47 bits per heavy atom. The van der Waals surface area contributed by atoms with Gasteiger partial charge in [-0.25, -0.2) is 9.37 Å². The molecule has 0 aliphatic heterocycles. The lowest BCUT2D eigenvalue weighted by Gasteiger charge is -2.11. The highest BCUT2D eigenvalue weighted by Crippen LogP contribution is 2.13. The van der Waals surface area contributed by atoms with Crippen molar-refractivity contribution in [2.24, 2.45) is 0 Å². The number of benzene rings is 1. The molecule has 0 fully saturated rings. The van der Waals surface area contributed by atoms with E-state index in [0.717, 1.165) is 42.0 Å². The number of halogens is 1. The van der Waals surface area contributed by atoms with E-state index in [4.69, 9.17) is 0 Å². The van der Waals surface area contributed by atoms with E-state index in [2.05, 4.69) is 28.5 Å². The van der Waals surface area contributed by atoms with Crippen LogP contribution < -0.4 is 5.32 Å². The number of nitrogens with one attached hydrogen (secondary N) is 2. The molecule has 0 aliphatic carbocycles. The summed E-state index contributed by atoms with van der Waals surface area (Å²) in [4.78, 5) is 7.62. The van der Waals surface area contributed by atoms with Crippen LogP contribution in [0.1, 0.15) is 19.2 Å². The predicted molar refractivity (Wildman–Crippen MR) is 80.2 cm³/mol. The van der Waals surface area contributed by atoms with Gasteiger partial charge < -0.3 is 10.3 Å². The van der Waals surface area contributed by atoms with Crippen molar-refractivity contribution in [1.29, 1.82) is 0 Å². The van der Waals surface area contributed by atoms with Crippen LogP contribution in [-0.4, -0.2) is 34.6 Å². The maximum absolute atomic E-state index is 13.1. The molecule has 1 aromatic carbocycles. The quantitative estimate of drug-likeness (QED) is 0.767. The highest BCUT2D eigenvalue weighted by atomic mass is 32.2. The van der Waals surface area contributed by atoms with Crippen LogP contribution in [0.5, 0.6) is 0 Å². The molecule has 104 valence electrons. The second kappa shape index (κ2) is 6.91. The van der Waals surface area contributed by atoms with Gasteiger partial charge in [0.2, 0.25) is 0 Å². The van der Waals surface area contributed by atoms with Gasteiger partial charge in [-0.2, -0.15) is 11.8 Å². The molecule has 1 aromatic heterocycles. The van der Waals surface area contributed by atoms with Gasteiger partial charge in [-0.1, -0.05) is 0 Å². The lowest BCUT2D eigenvalue weighted by molar-refractivity contribution is 0.573. The number of rotatable bonds is 7. The number of imidazole rings is 1. The number of fused-ring (bicyclic) bond motifs is 1. The van der Waals surface area contributed by atoms with Crippen LogP contribution in [0.4, 0.5) is 4.39 Å². The Kier molecular flexibility index (Phi) is 5.22. The molecule has 0 saturated carbocycles. The topological polar surface area (TPSA) is 40.7 Å². The van der Waals surface area contributed by atoms with Crippen molar-refractivity contribution in [2.75, 3.05) is 18.6 Å². The average Bonchev–Trinajstić information content (AvgIpc) is 2.77. The minimum Gasteiger partial charge on any atom is -0.342 e. The van der Waals surface area contributed by atoms with Crippen LogP contribution in [0.15, 0.2) is 18.2 Å². The van der Waals surface area contributed by atoms with Gasteiger partial charge in [-0.3, -0.25) is 0 Å². The van der Waals surface area contributed by atoms with Crippen molar-refractivity contribution in [3.63, 3.8) is 0 Å². The van der Waals surface area contributed by atoms with Gasteiger partial charge in [0.25, 0.3) is 0 Å². The fourth-order valence-electron chi connectivity index (χ4n) is 2.07. The predicted octanol–water partition coefficient (Wildman–Crippen LogP) is 2.98. The molecule has 0 bridgehead atoms. The van der Waals surface area contributed by atoms with E-state index < -0.39 is 0 Å². The van der Waals surface area contributed by atoms with Crippen LogP contribution in [0.25, 0.3) is 11.0 Å². The van der Waals surface area contributed by atoms with Crippen molar-refractivity contribution in [1.82, 2.24) is 15.3 Å². The van der Waals surface area contributed by atoms with Crippen LogP contribution >= 0.6 is 11.8 Å². The minimum atomic E-state index is -0.227. The molecule has 5 heteroatoms. The van der Waals surface area contributed by atoms with Crippen LogP contribution in [0.2, 0.25) is 0 Å². The van der Waals surface area contributed by atoms with Gasteiger partial charge >= 0.3 is 0 Å². The average molecular weight is 281 g/mol. The summed E-state index contributed by atoms with van der Waals surface area (Å²) in [5.74, 6) is 1.83. The zero-order valence-corrected chi connectivity index (χ0v) is 12.2. The second-order valence-electron chi connectivity index (χ2n) is 4.76. The molecule has 0 radical (unpaired) electrons. The molecule has 0 saturated heterocycles. The van der Waals surface area contributed by atoms with Gasteiger partial charge in [-0.05, 0) is 44.3 Å². The third-order valence-electron chi connectivity index (χ3n) is 2.99.